The Kier molecular flexibility index (Phi) is 7.33. The van der Waals surface area contributed by atoms with E-state index in [9.17, 15) is 0 Å². The molecule has 3 heteroatoms. The Morgan fingerprint density at radius 2 is 1.94 bits per heavy atom. The molecule has 0 aromatic heterocycles. The first kappa shape index (κ1) is 15.5. The summed E-state index contributed by atoms with van der Waals surface area (Å²) in [6, 6.07) is 8.51. The summed E-state index contributed by atoms with van der Waals surface area (Å²) in [5, 5.41) is 4.39. The van der Waals surface area contributed by atoms with Crippen molar-refractivity contribution in [3.8, 4) is 0 Å². The van der Waals surface area contributed by atoms with E-state index in [-0.39, 0.29) is 0 Å². The van der Waals surface area contributed by atoms with Gasteiger partial charge in [-0.2, -0.15) is 0 Å². The van der Waals surface area contributed by atoms with E-state index in [0.717, 1.165) is 31.0 Å². The molecule has 0 aliphatic heterocycles. The number of rotatable bonds is 8. The predicted octanol–water partition coefficient (Wildman–Crippen LogP) is 4.05. The molecule has 102 valence electrons. The third-order valence-electron chi connectivity index (χ3n) is 3.00. The minimum Gasteiger partial charge on any atom is -0.384 e. The van der Waals surface area contributed by atoms with E-state index in [2.05, 4.69) is 31.3 Å². The molecule has 0 heterocycles. The zero-order valence-electron chi connectivity index (χ0n) is 11.6. The van der Waals surface area contributed by atoms with Crippen LogP contribution in [0.1, 0.15) is 38.3 Å². The van der Waals surface area contributed by atoms with E-state index < -0.39 is 0 Å². The molecule has 0 amide bonds. The summed E-state index contributed by atoms with van der Waals surface area (Å²) < 4.78 is 5.22. The second-order valence-electron chi connectivity index (χ2n) is 4.85. The van der Waals surface area contributed by atoms with Crippen molar-refractivity contribution < 1.29 is 4.74 Å². The van der Waals surface area contributed by atoms with Crippen molar-refractivity contribution in [3.63, 3.8) is 0 Å². The number of ether oxygens (including phenoxy) is 1. The zero-order chi connectivity index (χ0) is 13.4. The molecule has 1 aromatic rings. The highest BCUT2D eigenvalue weighted by Crippen LogP contribution is 2.23. The minimum absolute atomic E-state index is 0.382. The first-order valence-electron chi connectivity index (χ1n) is 6.65. The Bertz CT molecular complexity index is 326. The van der Waals surface area contributed by atoms with Crippen molar-refractivity contribution in [2.75, 3.05) is 20.3 Å². The average Bonchev–Trinajstić information content (AvgIpc) is 2.36. The van der Waals surface area contributed by atoms with Crippen LogP contribution >= 0.6 is 11.6 Å². The molecule has 2 unspecified atom stereocenters. The van der Waals surface area contributed by atoms with Gasteiger partial charge in [0.05, 0.1) is 0 Å². The highest BCUT2D eigenvalue weighted by molar-refractivity contribution is 6.30. The maximum absolute atomic E-state index is 5.94. The van der Waals surface area contributed by atoms with E-state index in [1.807, 2.05) is 12.1 Å². The lowest BCUT2D eigenvalue weighted by atomic mass is 9.96. The van der Waals surface area contributed by atoms with Crippen LogP contribution in [0.4, 0.5) is 0 Å². The van der Waals surface area contributed by atoms with Crippen LogP contribution in [0.5, 0.6) is 0 Å². The van der Waals surface area contributed by atoms with Crippen LogP contribution in [-0.4, -0.2) is 20.3 Å². The van der Waals surface area contributed by atoms with Gasteiger partial charge in [0.25, 0.3) is 0 Å². The summed E-state index contributed by atoms with van der Waals surface area (Å²) in [7, 11) is 1.76. The molecule has 1 N–H and O–H groups in total. The monoisotopic (exact) mass is 269 g/mol. The van der Waals surface area contributed by atoms with Gasteiger partial charge in [-0.3, -0.25) is 0 Å². The number of hydrogen-bond acceptors (Lipinski definition) is 2. The smallest absolute Gasteiger partial charge is 0.0488 e. The second-order valence-corrected chi connectivity index (χ2v) is 5.29. The summed E-state index contributed by atoms with van der Waals surface area (Å²) >= 11 is 5.94. The first-order chi connectivity index (χ1) is 8.67. The quantitative estimate of drug-likeness (QED) is 0.769. The highest BCUT2D eigenvalue weighted by Gasteiger charge is 2.14. The van der Waals surface area contributed by atoms with E-state index in [0.29, 0.717) is 12.0 Å². The van der Waals surface area contributed by atoms with Crippen LogP contribution < -0.4 is 5.32 Å². The predicted molar refractivity (Wildman–Crippen MR) is 78.1 cm³/mol. The SMILES string of the molecule is CCCNC(CC(C)COC)c1ccc(Cl)cc1. The molecule has 0 saturated carbocycles. The molecule has 1 rings (SSSR count). The fourth-order valence-electron chi connectivity index (χ4n) is 2.11. The molecule has 0 fully saturated rings. The Morgan fingerprint density at radius 3 is 2.50 bits per heavy atom. The number of methoxy groups -OCH3 is 1. The Labute approximate surface area is 116 Å². The second kappa shape index (κ2) is 8.52. The van der Waals surface area contributed by atoms with E-state index in [4.69, 9.17) is 16.3 Å². The average molecular weight is 270 g/mol. The minimum atomic E-state index is 0.382. The van der Waals surface area contributed by atoms with E-state index >= 15 is 0 Å². The lowest BCUT2D eigenvalue weighted by Crippen LogP contribution is -2.25. The van der Waals surface area contributed by atoms with Crippen molar-refractivity contribution in [2.45, 2.75) is 32.7 Å². The van der Waals surface area contributed by atoms with Crippen molar-refractivity contribution in [1.82, 2.24) is 5.32 Å². The lowest BCUT2D eigenvalue weighted by Gasteiger charge is -2.22. The van der Waals surface area contributed by atoms with Crippen LogP contribution in [0.2, 0.25) is 5.02 Å². The van der Waals surface area contributed by atoms with Gasteiger partial charge < -0.3 is 10.1 Å². The van der Waals surface area contributed by atoms with Crippen LogP contribution in [0.15, 0.2) is 24.3 Å². The van der Waals surface area contributed by atoms with Gasteiger partial charge in [0.15, 0.2) is 0 Å². The molecule has 0 aliphatic carbocycles. The van der Waals surface area contributed by atoms with Gasteiger partial charge in [-0.25, -0.2) is 0 Å². The molecule has 0 saturated heterocycles. The van der Waals surface area contributed by atoms with Gasteiger partial charge in [0.2, 0.25) is 0 Å². The molecule has 0 bridgehead atoms. The number of hydrogen-bond donors (Lipinski definition) is 1. The molecule has 18 heavy (non-hydrogen) atoms. The highest BCUT2D eigenvalue weighted by atomic mass is 35.5. The largest absolute Gasteiger partial charge is 0.384 e. The van der Waals surface area contributed by atoms with Gasteiger partial charge in [0.1, 0.15) is 0 Å². The maximum Gasteiger partial charge on any atom is 0.0488 e. The van der Waals surface area contributed by atoms with Gasteiger partial charge in [-0.05, 0) is 43.0 Å². The maximum atomic E-state index is 5.94. The summed E-state index contributed by atoms with van der Waals surface area (Å²) in [6.07, 6.45) is 2.22. The Balaban J connectivity index is 2.67. The Hall–Kier alpha value is -0.570. The third kappa shape index (κ3) is 5.38. The molecule has 1 aromatic carbocycles. The van der Waals surface area contributed by atoms with Gasteiger partial charge >= 0.3 is 0 Å². The van der Waals surface area contributed by atoms with Gasteiger partial charge in [0, 0.05) is 24.8 Å². The molecule has 2 atom stereocenters. The topological polar surface area (TPSA) is 21.3 Å². The normalized spacial score (nSPS) is 14.4. The molecule has 0 aliphatic rings. The molecular formula is C15H24ClNO. The van der Waals surface area contributed by atoms with Crippen molar-refractivity contribution in [2.24, 2.45) is 5.92 Å². The van der Waals surface area contributed by atoms with Crippen LogP contribution in [0, 0.1) is 5.92 Å². The zero-order valence-corrected chi connectivity index (χ0v) is 12.3. The van der Waals surface area contributed by atoms with Gasteiger partial charge in [-0.15, -0.1) is 0 Å². The summed E-state index contributed by atoms with van der Waals surface area (Å²) in [5.74, 6) is 0.542. The lowest BCUT2D eigenvalue weighted by molar-refractivity contribution is 0.149. The van der Waals surface area contributed by atoms with Crippen molar-refractivity contribution >= 4 is 11.6 Å². The number of halogens is 1. The third-order valence-corrected chi connectivity index (χ3v) is 3.25. The molecular weight excluding hydrogens is 246 g/mol. The standard InChI is InChI=1S/C15H24ClNO/c1-4-9-17-15(10-12(2)11-18-3)13-5-7-14(16)8-6-13/h5-8,12,15,17H,4,9-11H2,1-3H3. The van der Waals surface area contributed by atoms with Crippen LogP contribution in [0.25, 0.3) is 0 Å². The van der Waals surface area contributed by atoms with E-state index in [1.54, 1.807) is 7.11 Å². The van der Waals surface area contributed by atoms with Crippen LogP contribution in [0.3, 0.4) is 0 Å². The molecule has 0 spiro atoms. The summed E-state index contributed by atoms with van der Waals surface area (Å²) in [5.41, 5.74) is 1.30. The first-order valence-corrected chi connectivity index (χ1v) is 7.03. The number of benzene rings is 1. The van der Waals surface area contributed by atoms with Crippen molar-refractivity contribution in [3.05, 3.63) is 34.9 Å². The molecule has 2 nitrogen and oxygen atoms in total. The summed E-state index contributed by atoms with van der Waals surface area (Å²) in [4.78, 5) is 0. The van der Waals surface area contributed by atoms with E-state index in [1.165, 1.54) is 5.56 Å². The fourth-order valence-corrected chi connectivity index (χ4v) is 2.23. The van der Waals surface area contributed by atoms with Crippen LogP contribution in [-0.2, 0) is 4.74 Å². The summed E-state index contributed by atoms with van der Waals surface area (Å²) in [6.45, 7) is 6.25. The number of nitrogens with one attached hydrogen (secondary N) is 1. The van der Waals surface area contributed by atoms with Crippen molar-refractivity contribution in [1.29, 1.82) is 0 Å². The Morgan fingerprint density at radius 1 is 1.28 bits per heavy atom. The fraction of sp³-hybridized carbons (Fsp3) is 0.600. The van der Waals surface area contributed by atoms with Gasteiger partial charge in [-0.1, -0.05) is 37.6 Å². The molecule has 0 radical (unpaired) electrons.